The molecule has 1 N–H and O–H groups in total. The Morgan fingerprint density at radius 2 is 2.26 bits per heavy atom. The van der Waals surface area contributed by atoms with Crippen LogP contribution in [0, 0.1) is 5.92 Å². The predicted octanol–water partition coefficient (Wildman–Crippen LogP) is 1.84. The van der Waals surface area contributed by atoms with E-state index < -0.39 is 11.9 Å². The van der Waals surface area contributed by atoms with Crippen LogP contribution in [0.2, 0.25) is 5.15 Å². The lowest BCUT2D eigenvalue weighted by atomic mass is 10.1. The van der Waals surface area contributed by atoms with Gasteiger partial charge in [-0.25, -0.2) is 4.98 Å². The maximum absolute atomic E-state index is 12.3. The molecule has 2 rings (SSSR count). The number of rotatable bonds is 3. The first-order chi connectivity index (χ1) is 9.01. The third-order valence-electron chi connectivity index (χ3n) is 3.28. The first kappa shape index (κ1) is 13.8. The smallest absolute Gasteiger partial charge is 0.308 e. The fraction of sp³-hybridized carbons (Fsp3) is 0.462. The Labute approximate surface area is 116 Å². The molecule has 1 saturated heterocycles. The van der Waals surface area contributed by atoms with Crippen LogP contribution in [0.25, 0.3) is 0 Å². The number of carboxylic acid groups (broad SMARTS) is 1. The number of amides is 1. The van der Waals surface area contributed by atoms with Crippen LogP contribution in [0.1, 0.15) is 29.4 Å². The quantitative estimate of drug-likeness (QED) is 0.859. The number of halogens is 1. The van der Waals surface area contributed by atoms with Crippen molar-refractivity contribution < 1.29 is 14.7 Å². The Bertz CT molecular complexity index is 519. The minimum Gasteiger partial charge on any atom is -0.481 e. The van der Waals surface area contributed by atoms with Crippen LogP contribution >= 0.6 is 11.6 Å². The number of aromatic nitrogens is 1. The summed E-state index contributed by atoms with van der Waals surface area (Å²) in [6.45, 7) is 2.66. The number of hydrogen-bond donors (Lipinski definition) is 1. The second-order valence-corrected chi connectivity index (χ2v) is 4.99. The fourth-order valence-electron chi connectivity index (χ4n) is 2.18. The van der Waals surface area contributed by atoms with Gasteiger partial charge in [-0.1, -0.05) is 18.5 Å². The molecule has 1 unspecified atom stereocenters. The Morgan fingerprint density at radius 1 is 1.53 bits per heavy atom. The molecule has 0 saturated carbocycles. The van der Waals surface area contributed by atoms with E-state index in [-0.39, 0.29) is 17.6 Å². The number of aryl methyl sites for hydroxylation is 1. The van der Waals surface area contributed by atoms with Gasteiger partial charge < -0.3 is 10.0 Å². The van der Waals surface area contributed by atoms with Gasteiger partial charge in [0.15, 0.2) is 0 Å². The van der Waals surface area contributed by atoms with Crippen LogP contribution < -0.4 is 0 Å². The number of carboxylic acids is 1. The molecule has 1 amide bonds. The summed E-state index contributed by atoms with van der Waals surface area (Å²) in [6.07, 6.45) is 1.19. The largest absolute Gasteiger partial charge is 0.481 e. The zero-order chi connectivity index (χ0) is 14.0. The topological polar surface area (TPSA) is 70.5 Å². The highest BCUT2D eigenvalue weighted by atomic mass is 35.5. The first-order valence-corrected chi connectivity index (χ1v) is 6.57. The summed E-state index contributed by atoms with van der Waals surface area (Å²) in [5.41, 5.74) is 1.23. The molecular weight excluding hydrogens is 268 g/mol. The molecule has 1 aromatic heterocycles. The van der Waals surface area contributed by atoms with Crippen molar-refractivity contribution in [3.8, 4) is 0 Å². The second kappa shape index (κ2) is 5.57. The summed E-state index contributed by atoms with van der Waals surface area (Å²) in [5, 5.41) is 9.23. The standard InChI is InChI=1S/C13H15ClN2O3/c1-2-10-5-9(6-11(14)15-10)12(17)16-4-3-8(7-16)13(18)19/h5-6,8H,2-4,7H2,1H3,(H,18,19). The maximum Gasteiger partial charge on any atom is 0.308 e. The van der Waals surface area contributed by atoms with Crippen molar-refractivity contribution in [2.24, 2.45) is 5.92 Å². The average molecular weight is 283 g/mol. The third-order valence-corrected chi connectivity index (χ3v) is 3.47. The molecule has 19 heavy (non-hydrogen) atoms. The van der Waals surface area contributed by atoms with Gasteiger partial charge in [0.25, 0.3) is 5.91 Å². The van der Waals surface area contributed by atoms with Crippen LogP contribution in [0.3, 0.4) is 0 Å². The number of pyridine rings is 1. The van der Waals surface area contributed by atoms with E-state index >= 15 is 0 Å². The van der Waals surface area contributed by atoms with E-state index in [1.807, 2.05) is 6.92 Å². The fourth-order valence-corrected chi connectivity index (χ4v) is 2.41. The molecule has 0 spiro atoms. The summed E-state index contributed by atoms with van der Waals surface area (Å²) < 4.78 is 0. The molecule has 0 aromatic carbocycles. The number of hydrogen-bond acceptors (Lipinski definition) is 3. The molecule has 2 heterocycles. The van der Waals surface area contributed by atoms with Gasteiger partial charge in [0, 0.05) is 24.3 Å². The molecule has 0 aliphatic carbocycles. The van der Waals surface area contributed by atoms with Crippen molar-refractivity contribution >= 4 is 23.5 Å². The summed E-state index contributed by atoms with van der Waals surface area (Å²) in [6, 6.07) is 3.24. The monoisotopic (exact) mass is 282 g/mol. The van der Waals surface area contributed by atoms with E-state index in [9.17, 15) is 9.59 Å². The van der Waals surface area contributed by atoms with E-state index in [0.717, 1.165) is 5.69 Å². The van der Waals surface area contributed by atoms with Crippen molar-refractivity contribution in [2.75, 3.05) is 13.1 Å². The highest BCUT2D eigenvalue weighted by Crippen LogP contribution is 2.20. The van der Waals surface area contributed by atoms with Gasteiger partial charge in [-0.05, 0) is 25.0 Å². The number of aliphatic carboxylic acids is 1. The summed E-state index contributed by atoms with van der Waals surface area (Å²) in [4.78, 5) is 28.8. The van der Waals surface area contributed by atoms with Crippen molar-refractivity contribution in [1.29, 1.82) is 0 Å². The Kier molecular flexibility index (Phi) is 4.04. The maximum atomic E-state index is 12.3. The Balaban J connectivity index is 2.16. The third kappa shape index (κ3) is 3.04. The first-order valence-electron chi connectivity index (χ1n) is 6.19. The molecule has 1 fully saturated rings. The Morgan fingerprint density at radius 3 is 2.84 bits per heavy atom. The number of nitrogens with zero attached hydrogens (tertiary/aromatic N) is 2. The summed E-state index contributed by atoms with van der Waals surface area (Å²) in [5.74, 6) is -1.49. The second-order valence-electron chi connectivity index (χ2n) is 4.60. The molecular formula is C13H15ClN2O3. The van der Waals surface area contributed by atoms with Gasteiger partial charge in [0.2, 0.25) is 0 Å². The molecule has 0 bridgehead atoms. The van der Waals surface area contributed by atoms with Crippen molar-refractivity contribution in [2.45, 2.75) is 19.8 Å². The highest BCUT2D eigenvalue weighted by Gasteiger charge is 2.31. The molecule has 1 atom stereocenters. The predicted molar refractivity (Wildman–Crippen MR) is 70.3 cm³/mol. The molecule has 1 aliphatic rings. The number of carbonyl (C=O) groups excluding carboxylic acids is 1. The average Bonchev–Trinajstić information content (AvgIpc) is 2.86. The van der Waals surface area contributed by atoms with Gasteiger partial charge in [0.05, 0.1) is 5.92 Å². The SMILES string of the molecule is CCc1cc(C(=O)N2CCC(C(=O)O)C2)cc(Cl)n1. The van der Waals surface area contributed by atoms with Crippen LogP contribution in [0.4, 0.5) is 0 Å². The van der Waals surface area contributed by atoms with E-state index in [2.05, 4.69) is 4.98 Å². The van der Waals surface area contributed by atoms with Crippen molar-refractivity contribution in [1.82, 2.24) is 9.88 Å². The lowest BCUT2D eigenvalue weighted by Crippen LogP contribution is -2.30. The van der Waals surface area contributed by atoms with Gasteiger partial charge >= 0.3 is 5.97 Å². The van der Waals surface area contributed by atoms with Crippen LogP contribution in [-0.4, -0.2) is 40.0 Å². The summed E-state index contributed by atoms with van der Waals surface area (Å²) in [7, 11) is 0. The molecule has 102 valence electrons. The lowest BCUT2D eigenvalue weighted by molar-refractivity contribution is -0.141. The molecule has 5 nitrogen and oxygen atoms in total. The van der Waals surface area contributed by atoms with Crippen molar-refractivity contribution in [3.63, 3.8) is 0 Å². The van der Waals surface area contributed by atoms with Crippen LogP contribution in [0.5, 0.6) is 0 Å². The zero-order valence-corrected chi connectivity index (χ0v) is 11.4. The molecule has 0 radical (unpaired) electrons. The van der Waals surface area contributed by atoms with E-state index in [1.165, 1.54) is 6.07 Å². The van der Waals surface area contributed by atoms with Gasteiger partial charge in [-0.2, -0.15) is 0 Å². The Hall–Kier alpha value is -1.62. The van der Waals surface area contributed by atoms with Gasteiger partial charge in [0.1, 0.15) is 5.15 Å². The molecule has 6 heteroatoms. The number of carbonyl (C=O) groups is 2. The molecule has 1 aromatic rings. The van der Waals surface area contributed by atoms with E-state index in [0.29, 0.717) is 24.9 Å². The number of likely N-dealkylation sites (tertiary alicyclic amines) is 1. The minimum atomic E-state index is -0.850. The molecule has 1 aliphatic heterocycles. The van der Waals surface area contributed by atoms with Crippen molar-refractivity contribution in [3.05, 3.63) is 28.5 Å². The highest BCUT2D eigenvalue weighted by molar-refractivity contribution is 6.29. The van der Waals surface area contributed by atoms with Crippen LogP contribution in [0.15, 0.2) is 12.1 Å². The van der Waals surface area contributed by atoms with E-state index in [1.54, 1.807) is 11.0 Å². The van der Waals surface area contributed by atoms with E-state index in [4.69, 9.17) is 16.7 Å². The zero-order valence-electron chi connectivity index (χ0n) is 10.6. The van der Waals surface area contributed by atoms with Gasteiger partial charge in [-0.3, -0.25) is 9.59 Å². The normalized spacial score (nSPS) is 18.6. The minimum absolute atomic E-state index is 0.178. The van der Waals surface area contributed by atoms with Gasteiger partial charge in [-0.15, -0.1) is 0 Å². The van der Waals surface area contributed by atoms with Crippen LogP contribution in [-0.2, 0) is 11.2 Å². The summed E-state index contributed by atoms with van der Waals surface area (Å²) >= 11 is 5.88. The lowest BCUT2D eigenvalue weighted by Gasteiger charge is -2.16.